The highest BCUT2D eigenvalue weighted by atomic mass is 127. The lowest BCUT2D eigenvalue weighted by Crippen LogP contribution is -2.44. The number of furan rings is 1. The normalized spacial score (nSPS) is 15.9. The standard InChI is InChI=1S/C17H26N6O2.HI/c1-4-18-16(19-10-15-22-21-14-6-5-9-23(14)15)20-11-17(3,24)13-8-7-12(2)25-13;/h7-8,24H,4-6,9-11H2,1-3H3,(H2,18,19,20);1H. The van der Waals surface area contributed by atoms with Crippen molar-refractivity contribution in [3.05, 3.63) is 35.3 Å². The van der Waals surface area contributed by atoms with Crippen LogP contribution in [0.15, 0.2) is 21.5 Å². The van der Waals surface area contributed by atoms with E-state index in [9.17, 15) is 5.11 Å². The first-order chi connectivity index (χ1) is 12.0. The van der Waals surface area contributed by atoms with Crippen LogP contribution in [0.1, 0.15) is 43.4 Å². The van der Waals surface area contributed by atoms with E-state index in [1.807, 2.05) is 19.9 Å². The van der Waals surface area contributed by atoms with Gasteiger partial charge in [-0.25, -0.2) is 4.99 Å². The largest absolute Gasteiger partial charge is 0.463 e. The Labute approximate surface area is 170 Å². The molecule has 0 saturated carbocycles. The lowest BCUT2D eigenvalue weighted by Gasteiger charge is -2.22. The van der Waals surface area contributed by atoms with Gasteiger partial charge in [0.05, 0.1) is 6.54 Å². The third-order valence-corrected chi connectivity index (χ3v) is 4.28. The van der Waals surface area contributed by atoms with E-state index in [0.29, 0.717) is 18.3 Å². The highest BCUT2D eigenvalue weighted by Gasteiger charge is 2.27. The Morgan fingerprint density at radius 1 is 1.38 bits per heavy atom. The van der Waals surface area contributed by atoms with Crippen LogP contribution in [0.25, 0.3) is 0 Å². The van der Waals surface area contributed by atoms with Crippen LogP contribution in [-0.4, -0.2) is 38.9 Å². The second-order valence-electron chi connectivity index (χ2n) is 6.52. The predicted molar refractivity (Wildman–Crippen MR) is 110 cm³/mol. The third-order valence-electron chi connectivity index (χ3n) is 4.28. The molecule has 0 aliphatic carbocycles. The number of guanidine groups is 1. The number of aryl methyl sites for hydroxylation is 2. The molecule has 0 aromatic carbocycles. The van der Waals surface area contributed by atoms with Gasteiger partial charge in [0.1, 0.15) is 29.5 Å². The molecule has 0 radical (unpaired) electrons. The number of nitrogens with zero attached hydrogens (tertiary/aromatic N) is 4. The minimum Gasteiger partial charge on any atom is -0.463 e. The SMILES string of the molecule is CCNC(=NCc1nnc2n1CCC2)NCC(C)(O)c1ccc(C)o1.I. The maximum Gasteiger partial charge on any atom is 0.191 e. The Morgan fingerprint density at radius 2 is 2.19 bits per heavy atom. The summed E-state index contributed by atoms with van der Waals surface area (Å²) in [5, 5.41) is 25.4. The molecule has 3 heterocycles. The van der Waals surface area contributed by atoms with Crippen molar-refractivity contribution >= 4 is 29.9 Å². The molecule has 1 unspecified atom stereocenters. The average molecular weight is 474 g/mol. The zero-order valence-electron chi connectivity index (χ0n) is 15.4. The molecule has 1 aliphatic heterocycles. The van der Waals surface area contributed by atoms with Gasteiger partial charge in [-0.3, -0.25) is 0 Å². The first-order valence-electron chi connectivity index (χ1n) is 8.72. The van der Waals surface area contributed by atoms with E-state index in [1.165, 1.54) is 0 Å². The lowest BCUT2D eigenvalue weighted by atomic mass is 10.0. The summed E-state index contributed by atoms with van der Waals surface area (Å²) in [6.45, 7) is 7.99. The number of hydrogen-bond donors (Lipinski definition) is 3. The van der Waals surface area contributed by atoms with E-state index >= 15 is 0 Å². The van der Waals surface area contributed by atoms with Crippen molar-refractivity contribution < 1.29 is 9.52 Å². The maximum absolute atomic E-state index is 10.6. The molecule has 0 fully saturated rings. The predicted octanol–water partition coefficient (Wildman–Crippen LogP) is 1.71. The van der Waals surface area contributed by atoms with E-state index in [1.54, 1.807) is 13.0 Å². The van der Waals surface area contributed by atoms with Crippen molar-refractivity contribution in [2.75, 3.05) is 13.1 Å². The number of nitrogens with one attached hydrogen (secondary N) is 2. The Balaban J connectivity index is 0.00000243. The highest BCUT2D eigenvalue weighted by Crippen LogP contribution is 2.21. The summed E-state index contributed by atoms with van der Waals surface area (Å²) < 4.78 is 7.67. The van der Waals surface area contributed by atoms with Gasteiger partial charge in [0.2, 0.25) is 0 Å². The molecule has 0 spiro atoms. The van der Waals surface area contributed by atoms with Gasteiger partial charge in [-0.2, -0.15) is 0 Å². The summed E-state index contributed by atoms with van der Waals surface area (Å²) >= 11 is 0. The fourth-order valence-corrected chi connectivity index (χ4v) is 2.89. The Morgan fingerprint density at radius 3 is 2.88 bits per heavy atom. The minimum atomic E-state index is -1.12. The van der Waals surface area contributed by atoms with Crippen molar-refractivity contribution in [1.82, 2.24) is 25.4 Å². The topological polar surface area (TPSA) is 100 Å². The van der Waals surface area contributed by atoms with Crippen molar-refractivity contribution in [1.29, 1.82) is 0 Å². The summed E-state index contributed by atoms with van der Waals surface area (Å²) in [4.78, 5) is 4.56. The quantitative estimate of drug-likeness (QED) is 0.335. The molecule has 0 amide bonds. The Hall–Kier alpha value is -1.62. The molecule has 144 valence electrons. The number of aliphatic hydroxyl groups is 1. The molecule has 9 heteroatoms. The summed E-state index contributed by atoms with van der Waals surface area (Å²) in [6.07, 6.45) is 2.10. The fraction of sp³-hybridized carbons (Fsp3) is 0.588. The molecule has 2 aromatic rings. The number of hydrogen-bond acceptors (Lipinski definition) is 5. The lowest BCUT2D eigenvalue weighted by molar-refractivity contribution is 0.0378. The van der Waals surface area contributed by atoms with Crippen LogP contribution >= 0.6 is 24.0 Å². The molecule has 0 saturated heterocycles. The summed E-state index contributed by atoms with van der Waals surface area (Å²) in [6, 6.07) is 3.63. The van der Waals surface area contributed by atoms with Gasteiger partial charge in [0.15, 0.2) is 11.8 Å². The summed E-state index contributed by atoms with van der Waals surface area (Å²) in [7, 11) is 0. The van der Waals surface area contributed by atoms with E-state index in [2.05, 4.69) is 30.4 Å². The van der Waals surface area contributed by atoms with Crippen molar-refractivity contribution in [2.45, 2.75) is 52.3 Å². The molecule has 1 aliphatic rings. The third kappa shape index (κ3) is 4.76. The van der Waals surface area contributed by atoms with Gasteiger partial charge in [0.25, 0.3) is 0 Å². The minimum absolute atomic E-state index is 0. The van der Waals surface area contributed by atoms with Crippen LogP contribution in [-0.2, 0) is 25.1 Å². The second-order valence-corrected chi connectivity index (χ2v) is 6.52. The van der Waals surface area contributed by atoms with Crippen molar-refractivity contribution in [3.8, 4) is 0 Å². The first-order valence-corrected chi connectivity index (χ1v) is 8.72. The summed E-state index contributed by atoms with van der Waals surface area (Å²) in [5.74, 6) is 3.85. The molecular weight excluding hydrogens is 447 g/mol. The number of fused-ring (bicyclic) bond motifs is 1. The van der Waals surface area contributed by atoms with Crippen LogP contribution in [0, 0.1) is 6.92 Å². The Kier molecular flexibility index (Phi) is 7.04. The number of aliphatic imine (C=N–C) groups is 1. The summed E-state index contributed by atoms with van der Waals surface area (Å²) in [5.41, 5.74) is -1.12. The molecule has 8 nitrogen and oxygen atoms in total. The molecular formula is C17H27IN6O2. The fourth-order valence-electron chi connectivity index (χ4n) is 2.89. The molecule has 3 rings (SSSR count). The van der Waals surface area contributed by atoms with E-state index in [4.69, 9.17) is 4.42 Å². The van der Waals surface area contributed by atoms with Gasteiger partial charge in [-0.1, -0.05) is 0 Å². The monoisotopic (exact) mass is 474 g/mol. The van der Waals surface area contributed by atoms with Gasteiger partial charge >= 0.3 is 0 Å². The molecule has 2 aromatic heterocycles. The van der Waals surface area contributed by atoms with Crippen LogP contribution in [0.2, 0.25) is 0 Å². The first kappa shape index (κ1) is 20.7. The van der Waals surface area contributed by atoms with Gasteiger partial charge in [0, 0.05) is 19.5 Å². The van der Waals surface area contributed by atoms with Gasteiger partial charge in [-0.15, -0.1) is 34.2 Å². The van der Waals surface area contributed by atoms with E-state index in [-0.39, 0.29) is 30.5 Å². The molecule has 3 N–H and O–H groups in total. The average Bonchev–Trinajstić information content (AvgIpc) is 3.27. The number of halogens is 1. The zero-order chi connectivity index (χ0) is 17.9. The number of aromatic nitrogens is 3. The van der Waals surface area contributed by atoms with Crippen LogP contribution in [0.4, 0.5) is 0 Å². The molecule has 26 heavy (non-hydrogen) atoms. The van der Waals surface area contributed by atoms with E-state index in [0.717, 1.165) is 43.3 Å². The smallest absolute Gasteiger partial charge is 0.191 e. The van der Waals surface area contributed by atoms with Gasteiger partial charge in [-0.05, 0) is 39.3 Å². The van der Waals surface area contributed by atoms with Crippen LogP contribution in [0.5, 0.6) is 0 Å². The van der Waals surface area contributed by atoms with Crippen LogP contribution < -0.4 is 10.6 Å². The molecule has 1 atom stereocenters. The molecule has 0 bridgehead atoms. The zero-order valence-corrected chi connectivity index (χ0v) is 17.8. The Bertz CT molecular complexity index is 752. The maximum atomic E-state index is 10.6. The van der Waals surface area contributed by atoms with Crippen molar-refractivity contribution in [2.24, 2.45) is 4.99 Å². The second kappa shape index (κ2) is 8.85. The van der Waals surface area contributed by atoms with E-state index < -0.39 is 5.60 Å². The number of rotatable bonds is 6. The van der Waals surface area contributed by atoms with Crippen molar-refractivity contribution in [3.63, 3.8) is 0 Å². The van der Waals surface area contributed by atoms with Gasteiger partial charge < -0.3 is 24.7 Å². The highest BCUT2D eigenvalue weighted by molar-refractivity contribution is 14.0. The van der Waals surface area contributed by atoms with Crippen LogP contribution in [0.3, 0.4) is 0 Å².